The van der Waals surface area contributed by atoms with Crippen LogP contribution in [0.2, 0.25) is 10.0 Å². The summed E-state index contributed by atoms with van der Waals surface area (Å²) in [6, 6.07) is 4.78. The molecule has 0 fully saturated rings. The van der Waals surface area contributed by atoms with Gasteiger partial charge in [-0.15, -0.1) is 0 Å². The van der Waals surface area contributed by atoms with Gasteiger partial charge in [0.1, 0.15) is 5.75 Å². The monoisotopic (exact) mass is 203 g/mol. The van der Waals surface area contributed by atoms with Gasteiger partial charge in [-0.3, -0.25) is 4.79 Å². The standard InChI is InChI=1S/C8H5Cl2O2/c9-6-1-2-7(10)8(5-6)12-4-3-11/h1-2,5H,4H2. The Morgan fingerprint density at radius 3 is 2.83 bits per heavy atom. The lowest BCUT2D eigenvalue weighted by Crippen LogP contribution is -1.97. The van der Waals surface area contributed by atoms with Crippen LogP contribution in [0.5, 0.6) is 5.75 Å². The first-order valence-corrected chi connectivity index (χ1v) is 3.92. The average Bonchev–Trinajstić information content (AvgIpc) is 2.07. The van der Waals surface area contributed by atoms with E-state index < -0.39 is 0 Å². The Morgan fingerprint density at radius 1 is 1.42 bits per heavy atom. The van der Waals surface area contributed by atoms with Crippen molar-refractivity contribution < 1.29 is 9.53 Å². The Labute approximate surface area is 80.0 Å². The van der Waals surface area contributed by atoms with Crippen LogP contribution in [-0.4, -0.2) is 12.9 Å². The Hall–Kier alpha value is -0.730. The van der Waals surface area contributed by atoms with Gasteiger partial charge in [0.2, 0.25) is 6.29 Å². The molecule has 0 aliphatic heterocycles. The lowest BCUT2D eigenvalue weighted by molar-refractivity contribution is 0.365. The first-order chi connectivity index (χ1) is 5.74. The predicted molar refractivity (Wildman–Crippen MR) is 47.7 cm³/mol. The predicted octanol–water partition coefficient (Wildman–Crippen LogP) is 2.48. The molecule has 1 radical (unpaired) electrons. The number of hydrogen-bond donors (Lipinski definition) is 0. The first-order valence-electron chi connectivity index (χ1n) is 3.17. The lowest BCUT2D eigenvalue weighted by atomic mass is 10.3. The summed E-state index contributed by atoms with van der Waals surface area (Å²) in [5.74, 6) is 0.396. The molecule has 1 aromatic carbocycles. The summed E-state index contributed by atoms with van der Waals surface area (Å²) in [6.07, 6.45) is 1.59. The lowest BCUT2D eigenvalue weighted by Gasteiger charge is -2.03. The summed E-state index contributed by atoms with van der Waals surface area (Å²) in [4.78, 5) is 9.85. The molecule has 12 heavy (non-hydrogen) atoms. The fraction of sp³-hybridized carbons (Fsp3) is 0.125. The third-order valence-electron chi connectivity index (χ3n) is 1.18. The molecule has 0 aromatic heterocycles. The van der Waals surface area contributed by atoms with Crippen molar-refractivity contribution in [2.45, 2.75) is 0 Å². The zero-order valence-electron chi connectivity index (χ0n) is 6.01. The van der Waals surface area contributed by atoms with Gasteiger partial charge in [0.05, 0.1) is 5.02 Å². The van der Waals surface area contributed by atoms with Gasteiger partial charge in [0.25, 0.3) is 0 Å². The maximum atomic E-state index is 9.85. The van der Waals surface area contributed by atoms with Gasteiger partial charge in [-0.05, 0) is 12.1 Å². The molecule has 0 N–H and O–H groups in total. The summed E-state index contributed by atoms with van der Waals surface area (Å²) in [5.41, 5.74) is 0. The van der Waals surface area contributed by atoms with E-state index in [0.29, 0.717) is 15.8 Å². The number of hydrogen-bond acceptors (Lipinski definition) is 2. The Kier molecular flexibility index (Phi) is 3.38. The van der Waals surface area contributed by atoms with E-state index in [1.165, 1.54) is 0 Å². The van der Waals surface area contributed by atoms with E-state index >= 15 is 0 Å². The van der Waals surface area contributed by atoms with Crippen molar-refractivity contribution in [3.05, 3.63) is 28.2 Å². The molecule has 0 heterocycles. The van der Waals surface area contributed by atoms with Crippen LogP contribution in [0.15, 0.2) is 18.2 Å². The SMILES string of the molecule is O=[C]COc1cc(Cl)ccc1Cl. The van der Waals surface area contributed by atoms with E-state index in [1.807, 2.05) is 0 Å². The van der Waals surface area contributed by atoms with Gasteiger partial charge in [-0.2, -0.15) is 0 Å². The van der Waals surface area contributed by atoms with E-state index in [9.17, 15) is 4.79 Å². The van der Waals surface area contributed by atoms with E-state index in [0.717, 1.165) is 0 Å². The fourth-order valence-electron chi connectivity index (χ4n) is 0.695. The Bertz CT molecular complexity index is 286. The van der Waals surface area contributed by atoms with Gasteiger partial charge in [0, 0.05) is 11.1 Å². The highest BCUT2D eigenvalue weighted by Crippen LogP contribution is 2.27. The van der Waals surface area contributed by atoms with Crippen LogP contribution in [0.4, 0.5) is 0 Å². The third kappa shape index (κ3) is 2.40. The maximum Gasteiger partial charge on any atom is 0.239 e. The fourth-order valence-corrected chi connectivity index (χ4v) is 1.03. The molecule has 4 heteroatoms. The topological polar surface area (TPSA) is 26.3 Å². The van der Waals surface area contributed by atoms with Crippen LogP contribution in [0, 0.1) is 0 Å². The summed E-state index contributed by atoms with van der Waals surface area (Å²) in [5, 5.41) is 0.940. The van der Waals surface area contributed by atoms with E-state index in [4.69, 9.17) is 27.9 Å². The molecular formula is C8H5Cl2O2. The smallest absolute Gasteiger partial charge is 0.239 e. The summed E-state index contributed by atoms with van der Waals surface area (Å²) in [7, 11) is 0. The summed E-state index contributed by atoms with van der Waals surface area (Å²) < 4.78 is 4.93. The number of halogens is 2. The van der Waals surface area contributed by atoms with Gasteiger partial charge >= 0.3 is 0 Å². The van der Waals surface area contributed by atoms with Crippen molar-refractivity contribution in [3.63, 3.8) is 0 Å². The normalized spacial score (nSPS) is 9.50. The molecule has 63 valence electrons. The highest BCUT2D eigenvalue weighted by molar-refractivity contribution is 6.34. The highest BCUT2D eigenvalue weighted by Gasteiger charge is 2.01. The number of rotatable bonds is 3. The van der Waals surface area contributed by atoms with Crippen molar-refractivity contribution in [1.82, 2.24) is 0 Å². The second-order valence-corrected chi connectivity index (χ2v) is 2.85. The molecule has 0 saturated heterocycles. The van der Waals surface area contributed by atoms with Crippen molar-refractivity contribution >= 4 is 29.5 Å². The summed E-state index contributed by atoms with van der Waals surface area (Å²) in [6.45, 7) is -0.139. The summed E-state index contributed by atoms with van der Waals surface area (Å²) >= 11 is 11.4. The highest BCUT2D eigenvalue weighted by atomic mass is 35.5. The van der Waals surface area contributed by atoms with Gasteiger partial charge in [-0.25, -0.2) is 0 Å². The minimum absolute atomic E-state index is 0.139. The van der Waals surface area contributed by atoms with Crippen molar-refractivity contribution in [2.24, 2.45) is 0 Å². The molecule has 0 spiro atoms. The molecule has 0 atom stereocenters. The largest absolute Gasteiger partial charge is 0.484 e. The van der Waals surface area contributed by atoms with E-state index in [2.05, 4.69) is 0 Å². The molecule has 2 nitrogen and oxygen atoms in total. The van der Waals surface area contributed by atoms with Crippen LogP contribution < -0.4 is 4.74 Å². The van der Waals surface area contributed by atoms with Crippen LogP contribution in [0.3, 0.4) is 0 Å². The molecule has 1 aromatic rings. The van der Waals surface area contributed by atoms with Crippen LogP contribution in [0.1, 0.15) is 0 Å². The molecule has 0 saturated carbocycles. The second kappa shape index (κ2) is 4.33. The van der Waals surface area contributed by atoms with Gasteiger partial charge in [0.15, 0.2) is 6.61 Å². The molecule has 0 amide bonds. The Morgan fingerprint density at radius 2 is 2.17 bits per heavy atom. The molecule has 0 bridgehead atoms. The number of ether oxygens (including phenoxy) is 1. The Balaban J connectivity index is 2.82. The molecule has 1 rings (SSSR count). The van der Waals surface area contributed by atoms with Crippen LogP contribution >= 0.6 is 23.2 Å². The van der Waals surface area contributed by atoms with Crippen LogP contribution in [0.25, 0.3) is 0 Å². The van der Waals surface area contributed by atoms with E-state index in [1.54, 1.807) is 24.5 Å². The van der Waals surface area contributed by atoms with E-state index in [-0.39, 0.29) is 6.61 Å². The van der Waals surface area contributed by atoms with Gasteiger partial charge in [-0.1, -0.05) is 23.2 Å². The van der Waals surface area contributed by atoms with Crippen molar-refractivity contribution in [1.29, 1.82) is 0 Å². The quantitative estimate of drug-likeness (QED) is 0.755. The number of carbonyl (C=O) groups excluding carboxylic acids is 1. The third-order valence-corrected chi connectivity index (χ3v) is 1.73. The van der Waals surface area contributed by atoms with Crippen LogP contribution in [-0.2, 0) is 4.79 Å². The molecular weight excluding hydrogens is 199 g/mol. The first kappa shape index (κ1) is 9.36. The zero-order chi connectivity index (χ0) is 8.97. The second-order valence-electron chi connectivity index (χ2n) is 2.01. The van der Waals surface area contributed by atoms with Gasteiger partial charge < -0.3 is 4.74 Å². The molecule has 0 aliphatic rings. The zero-order valence-corrected chi connectivity index (χ0v) is 7.52. The van der Waals surface area contributed by atoms with Crippen molar-refractivity contribution in [3.8, 4) is 5.75 Å². The molecule has 0 aliphatic carbocycles. The minimum atomic E-state index is -0.139. The number of benzene rings is 1. The maximum absolute atomic E-state index is 9.85. The molecule has 0 unspecified atom stereocenters. The van der Waals surface area contributed by atoms with Crippen molar-refractivity contribution in [2.75, 3.05) is 6.61 Å². The minimum Gasteiger partial charge on any atom is -0.484 e. The average molecular weight is 204 g/mol.